The molecule has 0 spiro atoms. The van der Waals surface area contributed by atoms with E-state index < -0.39 is 0 Å². The van der Waals surface area contributed by atoms with Crippen LogP contribution in [-0.4, -0.2) is 31.7 Å². The van der Waals surface area contributed by atoms with Gasteiger partial charge in [-0.25, -0.2) is 0 Å². The number of benzene rings is 1. The highest BCUT2D eigenvalue weighted by atomic mass is 32.2. The summed E-state index contributed by atoms with van der Waals surface area (Å²) in [4.78, 5) is 0. The van der Waals surface area contributed by atoms with Crippen molar-refractivity contribution in [1.29, 1.82) is 0 Å². The monoisotopic (exact) mass is 279 g/mol. The predicted molar refractivity (Wildman–Crippen MR) is 84.4 cm³/mol. The first-order valence-corrected chi connectivity index (χ1v) is 8.50. The normalized spacial score (nSPS) is 19.8. The molecule has 1 N–H and O–H groups in total. The van der Waals surface area contributed by atoms with Crippen LogP contribution in [0.25, 0.3) is 0 Å². The van der Waals surface area contributed by atoms with Crippen molar-refractivity contribution < 1.29 is 4.74 Å². The van der Waals surface area contributed by atoms with Crippen molar-refractivity contribution in [3.63, 3.8) is 0 Å². The van der Waals surface area contributed by atoms with Gasteiger partial charge in [0.1, 0.15) is 5.75 Å². The van der Waals surface area contributed by atoms with E-state index in [0.717, 1.165) is 24.6 Å². The SMILES string of the molecule is COc1ccc2c(c1)CC(NCC(C)CSC)CC2. The van der Waals surface area contributed by atoms with Crippen LogP contribution in [0.2, 0.25) is 0 Å². The number of rotatable bonds is 6. The van der Waals surface area contributed by atoms with Gasteiger partial charge in [-0.05, 0) is 67.0 Å². The Morgan fingerprint density at radius 2 is 2.26 bits per heavy atom. The van der Waals surface area contributed by atoms with Crippen LogP contribution in [0, 0.1) is 5.92 Å². The topological polar surface area (TPSA) is 21.3 Å². The standard InChI is InChI=1S/C16H25NOS/c1-12(11-19-3)10-17-15-6-4-13-5-7-16(18-2)9-14(13)8-15/h5,7,9,12,15,17H,4,6,8,10-11H2,1-3H3. The second kappa shape index (κ2) is 7.20. The van der Waals surface area contributed by atoms with Gasteiger partial charge in [0.2, 0.25) is 0 Å². The zero-order valence-electron chi connectivity index (χ0n) is 12.2. The number of methoxy groups -OCH3 is 1. The van der Waals surface area contributed by atoms with E-state index in [-0.39, 0.29) is 0 Å². The van der Waals surface area contributed by atoms with Crippen LogP contribution in [0.4, 0.5) is 0 Å². The summed E-state index contributed by atoms with van der Waals surface area (Å²) in [5.74, 6) is 2.97. The van der Waals surface area contributed by atoms with E-state index in [9.17, 15) is 0 Å². The van der Waals surface area contributed by atoms with Gasteiger partial charge in [-0.15, -0.1) is 0 Å². The Balaban J connectivity index is 1.90. The Hall–Kier alpha value is -0.670. The Morgan fingerprint density at radius 3 is 3.00 bits per heavy atom. The third-order valence-corrected chi connectivity index (χ3v) is 4.75. The molecule has 0 radical (unpaired) electrons. The highest BCUT2D eigenvalue weighted by molar-refractivity contribution is 7.98. The van der Waals surface area contributed by atoms with Crippen molar-refractivity contribution in [2.45, 2.75) is 32.2 Å². The van der Waals surface area contributed by atoms with Crippen molar-refractivity contribution in [3.05, 3.63) is 29.3 Å². The maximum atomic E-state index is 5.32. The van der Waals surface area contributed by atoms with Gasteiger partial charge in [-0.1, -0.05) is 13.0 Å². The molecule has 0 saturated heterocycles. The highest BCUT2D eigenvalue weighted by Gasteiger charge is 2.19. The van der Waals surface area contributed by atoms with Crippen molar-refractivity contribution in [2.75, 3.05) is 25.7 Å². The van der Waals surface area contributed by atoms with Crippen LogP contribution in [0.1, 0.15) is 24.5 Å². The number of thioether (sulfide) groups is 1. The van der Waals surface area contributed by atoms with Gasteiger partial charge in [-0.3, -0.25) is 0 Å². The summed E-state index contributed by atoms with van der Waals surface area (Å²) in [6.07, 6.45) is 5.76. The molecule has 2 nitrogen and oxygen atoms in total. The Kier molecular flexibility index (Phi) is 5.59. The molecule has 0 bridgehead atoms. The van der Waals surface area contributed by atoms with Crippen molar-refractivity contribution in [3.8, 4) is 5.75 Å². The molecule has 1 aliphatic carbocycles. The van der Waals surface area contributed by atoms with Gasteiger partial charge in [0.05, 0.1) is 7.11 Å². The molecular formula is C16H25NOS. The van der Waals surface area contributed by atoms with E-state index in [1.807, 2.05) is 11.8 Å². The highest BCUT2D eigenvalue weighted by Crippen LogP contribution is 2.25. The quantitative estimate of drug-likeness (QED) is 0.864. The van der Waals surface area contributed by atoms with Crippen LogP contribution < -0.4 is 10.1 Å². The summed E-state index contributed by atoms with van der Waals surface area (Å²) in [5.41, 5.74) is 2.96. The third-order valence-electron chi connectivity index (χ3n) is 3.85. The van der Waals surface area contributed by atoms with Gasteiger partial charge in [0, 0.05) is 6.04 Å². The van der Waals surface area contributed by atoms with E-state index in [1.165, 1.54) is 29.7 Å². The van der Waals surface area contributed by atoms with E-state index in [2.05, 4.69) is 36.7 Å². The van der Waals surface area contributed by atoms with Crippen molar-refractivity contribution >= 4 is 11.8 Å². The van der Waals surface area contributed by atoms with Crippen LogP contribution in [0.3, 0.4) is 0 Å². The lowest BCUT2D eigenvalue weighted by molar-refractivity contribution is 0.407. The summed E-state index contributed by atoms with van der Waals surface area (Å²) >= 11 is 1.93. The molecule has 0 aromatic heterocycles. The second-order valence-electron chi connectivity index (χ2n) is 5.54. The molecule has 19 heavy (non-hydrogen) atoms. The number of aryl methyl sites for hydroxylation is 1. The maximum absolute atomic E-state index is 5.32. The lowest BCUT2D eigenvalue weighted by atomic mass is 9.88. The molecule has 1 aliphatic rings. The average Bonchev–Trinajstić information content (AvgIpc) is 2.44. The summed E-state index contributed by atoms with van der Waals surface area (Å²) in [6, 6.07) is 7.13. The fraction of sp³-hybridized carbons (Fsp3) is 0.625. The zero-order valence-corrected chi connectivity index (χ0v) is 13.1. The fourth-order valence-corrected chi connectivity index (χ4v) is 3.43. The zero-order chi connectivity index (χ0) is 13.7. The maximum Gasteiger partial charge on any atom is 0.119 e. The smallest absolute Gasteiger partial charge is 0.119 e. The van der Waals surface area contributed by atoms with Gasteiger partial charge in [-0.2, -0.15) is 11.8 Å². The number of fused-ring (bicyclic) bond motifs is 1. The number of hydrogen-bond donors (Lipinski definition) is 1. The lowest BCUT2D eigenvalue weighted by Crippen LogP contribution is -2.37. The molecule has 0 aliphatic heterocycles. The molecule has 2 atom stereocenters. The average molecular weight is 279 g/mol. The molecule has 2 unspecified atom stereocenters. The largest absolute Gasteiger partial charge is 0.497 e. The van der Waals surface area contributed by atoms with Crippen molar-refractivity contribution in [1.82, 2.24) is 5.32 Å². The van der Waals surface area contributed by atoms with Gasteiger partial charge < -0.3 is 10.1 Å². The summed E-state index contributed by atoms with van der Waals surface area (Å²) in [7, 11) is 1.74. The minimum Gasteiger partial charge on any atom is -0.497 e. The first-order chi connectivity index (χ1) is 9.22. The Labute approximate surface area is 121 Å². The molecule has 3 heteroatoms. The number of hydrogen-bond acceptors (Lipinski definition) is 3. The molecule has 1 aromatic carbocycles. The van der Waals surface area contributed by atoms with Crippen LogP contribution >= 0.6 is 11.8 Å². The van der Waals surface area contributed by atoms with Gasteiger partial charge in [0.15, 0.2) is 0 Å². The molecule has 0 heterocycles. The molecule has 106 valence electrons. The summed E-state index contributed by atoms with van der Waals surface area (Å²) in [5, 5.41) is 3.73. The minimum absolute atomic E-state index is 0.629. The fourth-order valence-electron chi connectivity index (χ4n) is 2.75. The molecule has 1 aromatic rings. The van der Waals surface area contributed by atoms with Crippen LogP contribution in [0.5, 0.6) is 5.75 Å². The van der Waals surface area contributed by atoms with Gasteiger partial charge in [0.25, 0.3) is 0 Å². The Bertz CT molecular complexity index is 408. The lowest BCUT2D eigenvalue weighted by Gasteiger charge is -2.27. The van der Waals surface area contributed by atoms with E-state index >= 15 is 0 Å². The first kappa shape index (κ1) is 14.7. The van der Waals surface area contributed by atoms with Crippen molar-refractivity contribution in [2.24, 2.45) is 5.92 Å². The molecule has 0 amide bonds. The number of ether oxygens (including phenoxy) is 1. The first-order valence-electron chi connectivity index (χ1n) is 7.11. The molecule has 0 saturated carbocycles. The summed E-state index contributed by atoms with van der Waals surface area (Å²) in [6.45, 7) is 3.45. The Morgan fingerprint density at radius 1 is 1.42 bits per heavy atom. The molecule has 2 rings (SSSR count). The van der Waals surface area contributed by atoms with E-state index in [4.69, 9.17) is 4.74 Å². The molecular weight excluding hydrogens is 254 g/mol. The second-order valence-corrected chi connectivity index (χ2v) is 6.45. The number of nitrogens with one attached hydrogen (secondary N) is 1. The van der Waals surface area contributed by atoms with Crippen LogP contribution in [0.15, 0.2) is 18.2 Å². The summed E-state index contributed by atoms with van der Waals surface area (Å²) < 4.78 is 5.32. The predicted octanol–water partition coefficient (Wildman–Crippen LogP) is 3.14. The van der Waals surface area contributed by atoms with Crippen LogP contribution in [-0.2, 0) is 12.8 Å². The van der Waals surface area contributed by atoms with Gasteiger partial charge >= 0.3 is 0 Å². The third kappa shape index (κ3) is 4.15. The minimum atomic E-state index is 0.629. The van der Waals surface area contributed by atoms with E-state index in [0.29, 0.717) is 6.04 Å². The van der Waals surface area contributed by atoms with E-state index in [1.54, 1.807) is 7.11 Å². The molecule has 0 fully saturated rings.